The van der Waals surface area contributed by atoms with Gasteiger partial charge in [-0.1, -0.05) is 60.7 Å². The maximum atomic E-state index is 14.1. The third-order valence-corrected chi connectivity index (χ3v) is 7.17. The molecule has 0 aliphatic carbocycles. The number of piperazine rings is 1. The molecule has 0 radical (unpaired) electrons. The summed E-state index contributed by atoms with van der Waals surface area (Å²) in [6.07, 6.45) is 0.561. The van der Waals surface area contributed by atoms with Crippen LogP contribution < -0.4 is 10.1 Å². The first-order chi connectivity index (χ1) is 17.7. The molecular formula is C29H27N5OS. The van der Waals surface area contributed by atoms with Crippen molar-refractivity contribution in [2.75, 3.05) is 26.2 Å². The molecule has 3 aromatic carbocycles. The highest BCUT2D eigenvalue weighted by Crippen LogP contribution is 2.28. The van der Waals surface area contributed by atoms with Crippen molar-refractivity contribution in [3.63, 3.8) is 0 Å². The minimum absolute atomic E-state index is 0.100. The normalized spacial score (nSPS) is 14.9. The molecule has 6 nitrogen and oxygen atoms in total. The van der Waals surface area contributed by atoms with Crippen LogP contribution in [-0.2, 0) is 11.2 Å². The van der Waals surface area contributed by atoms with Gasteiger partial charge in [0.2, 0.25) is 5.91 Å². The van der Waals surface area contributed by atoms with E-state index in [0.717, 1.165) is 40.4 Å². The third kappa shape index (κ3) is 5.30. The van der Waals surface area contributed by atoms with Gasteiger partial charge in [-0.05, 0) is 35.4 Å². The molecule has 0 unspecified atom stereocenters. The third-order valence-electron chi connectivity index (χ3n) is 6.33. The Morgan fingerprint density at radius 2 is 1.64 bits per heavy atom. The van der Waals surface area contributed by atoms with E-state index in [1.54, 1.807) is 0 Å². The summed E-state index contributed by atoms with van der Waals surface area (Å²) in [6.45, 7) is 2.96. The van der Waals surface area contributed by atoms with E-state index in [1.807, 2.05) is 77.7 Å². The minimum Gasteiger partial charge on any atom is -0.338 e. The molecule has 1 aliphatic heterocycles. The maximum Gasteiger partial charge on any atom is 0.246 e. The Morgan fingerprint density at radius 3 is 2.31 bits per heavy atom. The minimum atomic E-state index is -0.454. The summed E-state index contributed by atoms with van der Waals surface area (Å²) >= 11 is 1.53. The van der Waals surface area contributed by atoms with Gasteiger partial charge in [-0.2, -0.15) is 5.26 Å². The van der Waals surface area contributed by atoms with E-state index in [-0.39, 0.29) is 5.91 Å². The Labute approximate surface area is 214 Å². The molecule has 0 bridgehead atoms. The number of amides is 1. The zero-order chi connectivity index (χ0) is 24.7. The van der Waals surface area contributed by atoms with E-state index >= 15 is 0 Å². The number of benzene rings is 3. The Bertz CT molecular complexity index is 1410. The lowest BCUT2D eigenvalue weighted by Gasteiger charge is -2.32. The number of para-hydroxylation sites is 1. The van der Waals surface area contributed by atoms with Gasteiger partial charge in [0.1, 0.15) is 6.04 Å². The number of nitriles is 1. The van der Waals surface area contributed by atoms with Gasteiger partial charge >= 0.3 is 0 Å². The van der Waals surface area contributed by atoms with Gasteiger partial charge in [0.15, 0.2) is 4.80 Å². The lowest BCUT2D eigenvalue weighted by atomic mass is 10.0. The zero-order valence-electron chi connectivity index (χ0n) is 19.9. The van der Waals surface area contributed by atoms with Gasteiger partial charge in [0, 0.05) is 38.0 Å². The fourth-order valence-electron chi connectivity index (χ4n) is 4.46. The fraction of sp³-hybridized carbons (Fsp3) is 0.207. The van der Waals surface area contributed by atoms with Gasteiger partial charge < -0.3 is 14.8 Å². The van der Waals surface area contributed by atoms with Crippen molar-refractivity contribution in [3.05, 3.63) is 106 Å². The second kappa shape index (κ2) is 11.2. The summed E-state index contributed by atoms with van der Waals surface area (Å²) in [7, 11) is 0. The molecule has 7 heteroatoms. The van der Waals surface area contributed by atoms with Crippen LogP contribution in [0.4, 0.5) is 5.69 Å². The number of rotatable bonds is 6. The number of nitrogens with one attached hydrogen (secondary N) is 1. The largest absolute Gasteiger partial charge is 0.338 e. The number of carbonyl (C=O) groups excluding carboxylic acids is 1. The summed E-state index contributed by atoms with van der Waals surface area (Å²) in [6, 6.07) is 29.2. The lowest BCUT2D eigenvalue weighted by Crippen LogP contribution is -2.49. The van der Waals surface area contributed by atoms with Crippen molar-refractivity contribution in [1.82, 2.24) is 14.8 Å². The second-order valence-corrected chi connectivity index (χ2v) is 9.53. The monoisotopic (exact) mass is 493 g/mol. The molecule has 1 amide bonds. The van der Waals surface area contributed by atoms with E-state index in [2.05, 4.69) is 33.5 Å². The van der Waals surface area contributed by atoms with E-state index < -0.39 is 6.04 Å². The van der Waals surface area contributed by atoms with Gasteiger partial charge in [0.05, 0.1) is 23.0 Å². The number of hydrogen-bond donors (Lipinski definition) is 1. The molecule has 1 atom stereocenters. The van der Waals surface area contributed by atoms with Crippen LogP contribution in [0.2, 0.25) is 0 Å². The average molecular weight is 494 g/mol. The van der Waals surface area contributed by atoms with Crippen LogP contribution in [0.25, 0.3) is 11.3 Å². The van der Waals surface area contributed by atoms with Gasteiger partial charge in [0.25, 0.3) is 0 Å². The average Bonchev–Trinajstić information content (AvgIpc) is 3.36. The van der Waals surface area contributed by atoms with Crippen molar-refractivity contribution in [2.45, 2.75) is 12.5 Å². The molecule has 1 N–H and O–H groups in total. The first-order valence-electron chi connectivity index (χ1n) is 12.1. The topological polar surface area (TPSA) is 73.4 Å². The molecule has 4 aromatic rings. The first-order valence-corrected chi connectivity index (χ1v) is 12.9. The zero-order valence-corrected chi connectivity index (χ0v) is 20.7. The van der Waals surface area contributed by atoms with Gasteiger partial charge in [-0.25, -0.2) is 4.99 Å². The SMILES string of the molecule is N#Cc1ccc(-c2csc(=Nc3ccccc3)n2[C@@H](Cc2ccccc2)C(=O)N2CCNCC2)cc1. The quantitative estimate of drug-likeness (QED) is 0.429. The number of hydrogen-bond acceptors (Lipinski definition) is 5. The van der Waals surface area contributed by atoms with Crippen molar-refractivity contribution < 1.29 is 4.79 Å². The Balaban J connectivity index is 1.68. The number of aromatic nitrogens is 1. The predicted molar refractivity (Wildman–Crippen MR) is 143 cm³/mol. The molecular weight excluding hydrogens is 466 g/mol. The summed E-state index contributed by atoms with van der Waals surface area (Å²) < 4.78 is 2.09. The van der Waals surface area contributed by atoms with Crippen LogP contribution >= 0.6 is 11.3 Å². The van der Waals surface area contributed by atoms with E-state index in [0.29, 0.717) is 25.1 Å². The van der Waals surface area contributed by atoms with Crippen LogP contribution in [0, 0.1) is 11.3 Å². The molecule has 180 valence electrons. The number of thiazole rings is 1. The standard InChI is InChI=1S/C29H27N5OS/c30-20-23-11-13-24(14-12-23)27-21-36-29(32-25-9-5-2-6-10-25)34(27)26(19-22-7-3-1-4-8-22)28(35)33-17-15-31-16-18-33/h1-14,21,26,31H,15-19H2/t26-/m0/s1. The smallest absolute Gasteiger partial charge is 0.246 e. The number of carbonyl (C=O) groups is 1. The summed E-state index contributed by atoms with van der Waals surface area (Å²) in [4.78, 5) is 21.8. The highest BCUT2D eigenvalue weighted by Gasteiger charge is 2.30. The Morgan fingerprint density at radius 1 is 0.972 bits per heavy atom. The summed E-state index contributed by atoms with van der Waals surface area (Å²) in [5, 5.41) is 14.7. The summed E-state index contributed by atoms with van der Waals surface area (Å²) in [5.41, 5.74) is 4.41. The van der Waals surface area contributed by atoms with Gasteiger partial charge in [-0.15, -0.1) is 11.3 Å². The molecule has 1 fully saturated rings. The van der Waals surface area contributed by atoms with Crippen LogP contribution in [0.5, 0.6) is 0 Å². The molecule has 0 saturated carbocycles. The van der Waals surface area contributed by atoms with Crippen molar-refractivity contribution in [3.8, 4) is 17.3 Å². The molecule has 5 rings (SSSR count). The molecule has 1 aliphatic rings. The van der Waals surface area contributed by atoms with E-state index in [9.17, 15) is 10.1 Å². The van der Waals surface area contributed by atoms with Crippen LogP contribution in [0.1, 0.15) is 17.2 Å². The van der Waals surface area contributed by atoms with Crippen molar-refractivity contribution in [2.24, 2.45) is 4.99 Å². The van der Waals surface area contributed by atoms with Crippen molar-refractivity contribution in [1.29, 1.82) is 5.26 Å². The lowest BCUT2D eigenvalue weighted by molar-refractivity contribution is -0.135. The van der Waals surface area contributed by atoms with Gasteiger partial charge in [-0.3, -0.25) is 4.79 Å². The molecule has 2 heterocycles. The van der Waals surface area contributed by atoms with E-state index in [4.69, 9.17) is 4.99 Å². The first kappa shape index (κ1) is 23.7. The Kier molecular flexibility index (Phi) is 7.36. The van der Waals surface area contributed by atoms with Crippen LogP contribution in [0.15, 0.2) is 95.3 Å². The highest BCUT2D eigenvalue weighted by molar-refractivity contribution is 7.07. The Hall–Kier alpha value is -3.99. The molecule has 1 saturated heterocycles. The fourth-order valence-corrected chi connectivity index (χ4v) is 5.43. The maximum absolute atomic E-state index is 14.1. The number of nitrogens with zero attached hydrogens (tertiary/aromatic N) is 4. The molecule has 1 aromatic heterocycles. The molecule has 0 spiro atoms. The van der Waals surface area contributed by atoms with Crippen molar-refractivity contribution >= 4 is 22.9 Å². The summed E-state index contributed by atoms with van der Waals surface area (Å²) in [5.74, 6) is 0.100. The molecule has 36 heavy (non-hydrogen) atoms. The van der Waals surface area contributed by atoms with Crippen LogP contribution in [0.3, 0.4) is 0 Å². The predicted octanol–water partition coefficient (Wildman–Crippen LogP) is 4.54. The van der Waals surface area contributed by atoms with E-state index in [1.165, 1.54) is 11.3 Å². The second-order valence-electron chi connectivity index (χ2n) is 8.69. The van der Waals surface area contributed by atoms with Crippen LogP contribution in [-0.4, -0.2) is 41.6 Å². The highest BCUT2D eigenvalue weighted by atomic mass is 32.1.